The van der Waals surface area contributed by atoms with Crippen molar-refractivity contribution in [2.24, 2.45) is 0 Å². The van der Waals surface area contributed by atoms with E-state index in [-0.39, 0.29) is 23.5 Å². The lowest BCUT2D eigenvalue weighted by atomic mass is 9.57. The number of rotatable bonds is 4. The fourth-order valence-corrected chi connectivity index (χ4v) is 5.99. The summed E-state index contributed by atoms with van der Waals surface area (Å²) in [6.07, 6.45) is 5.58. The minimum absolute atomic E-state index is 0.0709. The number of hydrogen-bond donors (Lipinski definition) is 0. The lowest BCUT2D eigenvalue weighted by molar-refractivity contribution is -0.132. The summed E-state index contributed by atoms with van der Waals surface area (Å²) in [5, 5.41) is 0. The molecule has 5 nitrogen and oxygen atoms in total. The van der Waals surface area contributed by atoms with Crippen molar-refractivity contribution in [3.8, 4) is 11.5 Å². The smallest absolute Gasteiger partial charge is 0.219 e. The van der Waals surface area contributed by atoms with Crippen molar-refractivity contribution >= 4 is 5.91 Å². The molecule has 5 heteroatoms. The third-order valence-corrected chi connectivity index (χ3v) is 7.31. The zero-order valence-corrected chi connectivity index (χ0v) is 17.8. The summed E-state index contributed by atoms with van der Waals surface area (Å²) >= 11 is 0. The van der Waals surface area contributed by atoms with Gasteiger partial charge in [-0.2, -0.15) is 0 Å². The number of carbonyl (C=O) groups is 1. The van der Waals surface area contributed by atoms with Gasteiger partial charge in [0.25, 0.3) is 0 Å². The highest BCUT2D eigenvalue weighted by molar-refractivity contribution is 5.77. The highest BCUT2D eigenvalue weighted by atomic mass is 16.6. The Bertz CT molecular complexity index is 1140. The van der Waals surface area contributed by atoms with E-state index < -0.39 is 0 Å². The molecule has 2 aromatic rings. The highest BCUT2D eigenvalue weighted by Gasteiger charge is 2.62. The van der Waals surface area contributed by atoms with Crippen LogP contribution in [0, 0.1) is 0 Å². The maximum Gasteiger partial charge on any atom is 0.219 e. The molecule has 158 valence electrons. The summed E-state index contributed by atoms with van der Waals surface area (Å²) in [4.78, 5) is 14.4. The molecule has 0 aromatic heterocycles. The van der Waals surface area contributed by atoms with Gasteiger partial charge in [-0.1, -0.05) is 42.5 Å². The number of nitrogens with zero attached hydrogens (tertiary/aromatic N) is 1. The number of hydrogen-bond acceptors (Lipinski definition) is 4. The first-order valence-corrected chi connectivity index (χ1v) is 10.9. The summed E-state index contributed by atoms with van der Waals surface area (Å²) in [5.74, 6) is 2.57. The van der Waals surface area contributed by atoms with Gasteiger partial charge in [0, 0.05) is 19.0 Å². The normalized spacial score (nSPS) is 27.0. The van der Waals surface area contributed by atoms with Crippen LogP contribution in [0.15, 0.2) is 65.9 Å². The molecule has 2 bridgehead atoms. The second-order valence-corrected chi connectivity index (χ2v) is 8.75. The second-order valence-electron chi connectivity index (χ2n) is 8.75. The molecule has 0 saturated carbocycles. The first kappa shape index (κ1) is 18.6. The molecular formula is C26H25NO4. The van der Waals surface area contributed by atoms with E-state index in [1.807, 2.05) is 35.2 Å². The van der Waals surface area contributed by atoms with Gasteiger partial charge in [-0.3, -0.25) is 4.79 Å². The number of allylic oxidation sites excluding steroid dienone is 2. The van der Waals surface area contributed by atoms with E-state index in [1.165, 1.54) is 16.7 Å². The molecule has 1 amide bonds. The number of ether oxygens (including phenoxy) is 3. The Hall–Kier alpha value is -3.21. The van der Waals surface area contributed by atoms with Crippen LogP contribution in [0.5, 0.6) is 11.5 Å². The average Bonchev–Trinajstić information content (AvgIpc) is 3.13. The molecule has 1 spiro atoms. The number of carbonyl (C=O) groups excluding carboxylic acids is 1. The van der Waals surface area contributed by atoms with Crippen LogP contribution in [-0.4, -0.2) is 36.6 Å². The molecule has 0 N–H and O–H groups in total. The fraction of sp³-hybridized carbons (Fsp3) is 0.346. The van der Waals surface area contributed by atoms with Crippen molar-refractivity contribution < 1.29 is 19.0 Å². The topological polar surface area (TPSA) is 48.0 Å². The maximum absolute atomic E-state index is 12.4. The van der Waals surface area contributed by atoms with Crippen LogP contribution < -0.4 is 9.47 Å². The van der Waals surface area contributed by atoms with Crippen molar-refractivity contribution in [3.05, 3.63) is 82.6 Å². The molecule has 0 unspecified atom stereocenters. The van der Waals surface area contributed by atoms with Crippen molar-refractivity contribution in [2.75, 3.05) is 13.7 Å². The van der Waals surface area contributed by atoms with E-state index in [2.05, 4.69) is 24.3 Å². The van der Waals surface area contributed by atoms with Crippen LogP contribution in [0.2, 0.25) is 0 Å². The number of methoxy groups -OCH3 is 1. The largest absolute Gasteiger partial charge is 0.497 e. The van der Waals surface area contributed by atoms with Gasteiger partial charge in [0.15, 0.2) is 17.6 Å². The van der Waals surface area contributed by atoms with E-state index in [0.29, 0.717) is 6.61 Å². The van der Waals surface area contributed by atoms with Gasteiger partial charge in [0.2, 0.25) is 5.91 Å². The first-order valence-electron chi connectivity index (χ1n) is 10.9. The molecule has 31 heavy (non-hydrogen) atoms. The number of benzene rings is 2. The van der Waals surface area contributed by atoms with E-state index in [0.717, 1.165) is 42.2 Å². The van der Waals surface area contributed by atoms with Gasteiger partial charge in [-0.25, -0.2) is 0 Å². The van der Waals surface area contributed by atoms with Gasteiger partial charge in [-0.05, 0) is 41.7 Å². The van der Waals surface area contributed by atoms with Crippen molar-refractivity contribution in [3.63, 3.8) is 0 Å². The molecule has 4 aliphatic rings. The van der Waals surface area contributed by atoms with E-state index in [9.17, 15) is 4.79 Å². The molecule has 6 rings (SSSR count). The minimum atomic E-state index is -0.286. The summed E-state index contributed by atoms with van der Waals surface area (Å²) in [5.41, 5.74) is 4.58. The number of likely N-dealkylation sites (tertiary alicyclic amines) is 1. The zero-order valence-electron chi connectivity index (χ0n) is 17.8. The summed E-state index contributed by atoms with van der Waals surface area (Å²) in [6.45, 7) is 2.88. The van der Waals surface area contributed by atoms with Gasteiger partial charge in [-0.15, -0.1) is 0 Å². The lowest BCUT2D eigenvalue weighted by Crippen LogP contribution is -2.60. The van der Waals surface area contributed by atoms with Crippen molar-refractivity contribution in [1.29, 1.82) is 0 Å². The van der Waals surface area contributed by atoms with Crippen molar-refractivity contribution in [1.82, 2.24) is 4.90 Å². The molecule has 2 aliphatic carbocycles. The van der Waals surface area contributed by atoms with Crippen LogP contribution in [0.1, 0.15) is 30.0 Å². The monoisotopic (exact) mass is 415 g/mol. The predicted molar refractivity (Wildman–Crippen MR) is 116 cm³/mol. The lowest BCUT2D eigenvalue weighted by Gasteiger charge is -2.53. The van der Waals surface area contributed by atoms with E-state index in [1.54, 1.807) is 14.0 Å². The molecule has 3 atom stereocenters. The standard InChI is InChI=1S/C26H25NO4/c1-16(28)27-13-12-26-19-9-11-22(29-2)25(26)31-24-21(30-15-17-6-4-3-5-7-17)10-8-18(23(24)26)14-20(19)27/h3-11,20,25H,12-15H2,1-2H3/t20-,25+,26+/m1/s1. The Morgan fingerprint density at radius 2 is 2.03 bits per heavy atom. The zero-order chi connectivity index (χ0) is 21.2. The maximum atomic E-state index is 12.4. The minimum Gasteiger partial charge on any atom is -0.497 e. The number of piperidine rings is 1. The number of amides is 1. The Kier molecular flexibility index (Phi) is 3.98. The van der Waals surface area contributed by atoms with Gasteiger partial charge in [0.05, 0.1) is 18.6 Å². The molecular weight excluding hydrogens is 390 g/mol. The summed E-state index contributed by atoms with van der Waals surface area (Å²) in [7, 11) is 1.70. The van der Waals surface area contributed by atoms with Crippen LogP contribution in [-0.2, 0) is 28.0 Å². The predicted octanol–water partition coefficient (Wildman–Crippen LogP) is 3.91. The Morgan fingerprint density at radius 1 is 1.19 bits per heavy atom. The Labute approximate surface area is 181 Å². The van der Waals surface area contributed by atoms with Crippen LogP contribution in [0.25, 0.3) is 0 Å². The Balaban J connectivity index is 1.47. The first-order chi connectivity index (χ1) is 15.1. The van der Waals surface area contributed by atoms with E-state index >= 15 is 0 Å². The SMILES string of the molecule is COC1=CC=C2[C@H]3Cc4ccc(OCc5ccccc5)c5c4[C@@]2(CCN3C(C)=O)[C@H]1O5. The van der Waals surface area contributed by atoms with Gasteiger partial charge < -0.3 is 19.1 Å². The van der Waals surface area contributed by atoms with Gasteiger partial charge >= 0.3 is 0 Å². The van der Waals surface area contributed by atoms with Gasteiger partial charge in [0.1, 0.15) is 12.4 Å². The Morgan fingerprint density at radius 3 is 2.81 bits per heavy atom. The average molecular weight is 415 g/mol. The van der Waals surface area contributed by atoms with Crippen LogP contribution >= 0.6 is 0 Å². The molecule has 2 heterocycles. The second kappa shape index (κ2) is 6.64. The van der Waals surface area contributed by atoms with Crippen molar-refractivity contribution in [2.45, 2.75) is 43.9 Å². The van der Waals surface area contributed by atoms with Crippen LogP contribution in [0.4, 0.5) is 0 Å². The fourth-order valence-electron chi connectivity index (χ4n) is 5.99. The quantitative estimate of drug-likeness (QED) is 0.760. The third kappa shape index (κ3) is 2.46. The third-order valence-electron chi connectivity index (χ3n) is 7.31. The van der Waals surface area contributed by atoms with E-state index in [4.69, 9.17) is 14.2 Å². The molecule has 1 saturated heterocycles. The molecule has 2 aliphatic heterocycles. The molecule has 0 radical (unpaired) electrons. The highest BCUT2D eigenvalue weighted by Crippen LogP contribution is 2.62. The summed E-state index contributed by atoms with van der Waals surface area (Å²) < 4.78 is 18.6. The van der Waals surface area contributed by atoms with Crippen LogP contribution in [0.3, 0.4) is 0 Å². The summed E-state index contributed by atoms with van der Waals surface area (Å²) in [6, 6.07) is 14.4. The molecule has 1 fully saturated rings. The molecule has 2 aromatic carbocycles.